The van der Waals surface area contributed by atoms with Gasteiger partial charge in [-0.1, -0.05) is 54.1 Å². The molecule has 1 fully saturated rings. The number of halogens is 4. The van der Waals surface area contributed by atoms with E-state index in [1.807, 2.05) is 42.5 Å². The number of hydrogen-bond donors (Lipinski definition) is 0. The maximum absolute atomic E-state index is 13.2. The first-order chi connectivity index (χ1) is 18.7. The predicted octanol–water partition coefficient (Wildman–Crippen LogP) is 6.09. The van der Waals surface area contributed by atoms with Gasteiger partial charge in [0.05, 0.1) is 24.8 Å². The van der Waals surface area contributed by atoms with E-state index in [2.05, 4.69) is 9.97 Å². The van der Waals surface area contributed by atoms with E-state index < -0.39 is 18.1 Å². The van der Waals surface area contributed by atoms with Crippen molar-refractivity contribution in [3.8, 4) is 0 Å². The van der Waals surface area contributed by atoms with Gasteiger partial charge in [0.2, 0.25) is 5.95 Å². The molecule has 5 rings (SSSR count). The van der Waals surface area contributed by atoms with E-state index in [1.165, 1.54) is 6.20 Å². The molecular formula is C28H27ClF3N5O2. The van der Waals surface area contributed by atoms with Crippen LogP contribution in [0.15, 0.2) is 65.9 Å². The number of aromatic nitrogens is 2. The fourth-order valence-electron chi connectivity index (χ4n) is 4.93. The highest BCUT2D eigenvalue weighted by molar-refractivity contribution is 6.30. The molecule has 0 bridgehead atoms. The number of anilines is 2. The molecule has 204 valence electrons. The van der Waals surface area contributed by atoms with Gasteiger partial charge in [0.1, 0.15) is 5.56 Å². The number of carbonyl (C=O) groups excluding carboxylic acids is 1. The van der Waals surface area contributed by atoms with Crippen LogP contribution in [0, 0.1) is 5.92 Å². The number of alkyl halides is 3. The van der Waals surface area contributed by atoms with Gasteiger partial charge in [0, 0.05) is 30.2 Å². The Balaban J connectivity index is 1.52. The van der Waals surface area contributed by atoms with Crippen LogP contribution < -0.4 is 9.91 Å². The Morgan fingerprint density at radius 2 is 1.77 bits per heavy atom. The van der Waals surface area contributed by atoms with E-state index in [1.54, 1.807) is 29.0 Å². The molecule has 39 heavy (non-hydrogen) atoms. The Morgan fingerprint density at radius 3 is 2.41 bits per heavy atom. The zero-order chi connectivity index (χ0) is 27.6. The van der Waals surface area contributed by atoms with Crippen molar-refractivity contribution in [2.24, 2.45) is 11.0 Å². The topological polar surface area (TPSA) is 70.9 Å². The largest absolute Gasteiger partial charge is 0.462 e. The summed E-state index contributed by atoms with van der Waals surface area (Å²) in [4.78, 5) is 23.6. The van der Waals surface area contributed by atoms with Gasteiger partial charge in [-0.05, 0) is 43.0 Å². The maximum atomic E-state index is 13.2. The molecule has 11 heteroatoms. The van der Waals surface area contributed by atoms with Crippen LogP contribution in [-0.2, 0) is 4.74 Å². The highest BCUT2D eigenvalue weighted by Crippen LogP contribution is 2.37. The molecule has 3 aromatic rings. The van der Waals surface area contributed by atoms with Gasteiger partial charge >= 0.3 is 12.1 Å². The molecule has 2 aliphatic heterocycles. The first-order valence-corrected chi connectivity index (χ1v) is 13.1. The lowest BCUT2D eigenvalue weighted by molar-refractivity contribution is -0.179. The lowest BCUT2D eigenvalue weighted by Gasteiger charge is -2.33. The predicted molar refractivity (Wildman–Crippen MR) is 143 cm³/mol. The second kappa shape index (κ2) is 11.2. The average Bonchev–Trinajstić information content (AvgIpc) is 3.39. The van der Waals surface area contributed by atoms with Crippen LogP contribution in [0.25, 0.3) is 0 Å². The minimum Gasteiger partial charge on any atom is -0.462 e. The highest BCUT2D eigenvalue weighted by Gasteiger charge is 2.41. The summed E-state index contributed by atoms with van der Waals surface area (Å²) in [7, 11) is 0. The number of ether oxygens (including phenoxy) is 1. The van der Waals surface area contributed by atoms with Crippen LogP contribution in [0.2, 0.25) is 5.02 Å². The highest BCUT2D eigenvalue weighted by atomic mass is 35.5. The summed E-state index contributed by atoms with van der Waals surface area (Å²) in [6.45, 7) is 2.58. The molecular weight excluding hydrogens is 531 g/mol. The standard InChI is InChI=1S/C28H27ClF3N5O2/c1-2-39-26(38)22-16-33-27(36-14-12-20(13-15-36)28(30,31)32)34-25(22)37-17-23(18-6-4-3-5-7-18)24(35-37)19-8-10-21(29)11-9-19/h3-11,16,20,23H,2,12-15,17H2,1H3. The van der Waals surface area contributed by atoms with E-state index in [0.717, 1.165) is 16.8 Å². The third kappa shape index (κ3) is 5.85. The summed E-state index contributed by atoms with van der Waals surface area (Å²) in [6.07, 6.45) is -2.93. The molecule has 2 aromatic carbocycles. The number of piperidine rings is 1. The van der Waals surface area contributed by atoms with Gasteiger partial charge in [-0.2, -0.15) is 23.3 Å². The molecule has 1 aromatic heterocycles. The summed E-state index contributed by atoms with van der Waals surface area (Å²) in [5.41, 5.74) is 2.82. The molecule has 0 N–H and O–H groups in total. The molecule has 1 saturated heterocycles. The smallest absolute Gasteiger partial charge is 0.391 e. The quantitative estimate of drug-likeness (QED) is 0.341. The monoisotopic (exact) mass is 557 g/mol. The average molecular weight is 558 g/mol. The Labute approximate surface area is 229 Å². The Morgan fingerprint density at radius 1 is 1.08 bits per heavy atom. The van der Waals surface area contributed by atoms with Gasteiger partial charge in [0.25, 0.3) is 0 Å². The first-order valence-electron chi connectivity index (χ1n) is 12.8. The zero-order valence-electron chi connectivity index (χ0n) is 21.2. The molecule has 0 saturated carbocycles. The van der Waals surface area contributed by atoms with Crippen molar-refractivity contribution in [3.63, 3.8) is 0 Å². The molecule has 1 atom stereocenters. The first kappa shape index (κ1) is 26.9. The molecule has 0 radical (unpaired) electrons. The normalized spacial score (nSPS) is 18.3. The fraction of sp³-hybridized carbons (Fsp3) is 0.357. The second-order valence-electron chi connectivity index (χ2n) is 9.47. The minimum absolute atomic E-state index is 0.0412. The molecule has 0 amide bonds. The third-order valence-electron chi connectivity index (χ3n) is 6.99. The van der Waals surface area contributed by atoms with Crippen molar-refractivity contribution >= 4 is 35.0 Å². The zero-order valence-corrected chi connectivity index (χ0v) is 22.0. The lowest BCUT2D eigenvalue weighted by Crippen LogP contribution is -2.40. The van der Waals surface area contributed by atoms with Crippen molar-refractivity contribution in [3.05, 3.63) is 82.5 Å². The van der Waals surface area contributed by atoms with E-state index in [4.69, 9.17) is 21.4 Å². The SMILES string of the molecule is CCOC(=O)c1cnc(N2CCC(C(F)(F)F)CC2)nc1N1CC(c2ccccc2)C(c2ccc(Cl)cc2)=N1. The lowest BCUT2D eigenvalue weighted by atomic mass is 9.91. The summed E-state index contributed by atoms with van der Waals surface area (Å²) in [5.74, 6) is -1.57. The minimum atomic E-state index is -4.22. The van der Waals surface area contributed by atoms with Crippen LogP contribution in [0.5, 0.6) is 0 Å². The van der Waals surface area contributed by atoms with Gasteiger partial charge < -0.3 is 9.64 Å². The summed E-state index contributed by atoms with van der Waals surface area (Å²) in [5, 5.41) is 7.15. The molecule has 0 spiro atoms. The number of benzene rings is 2. The number of hydrazone groups is 1. The van der Waals surface area contributed by atoms with Crippen molar-refractivity contribution in [2.75, 3.05) is 36.1 Å². The number of esters is 1. The number of rotatable bonds is 6. The Bertz CT molecular complexity index is 1340. The van der Waals surface area contributed by atoms with Crippen LogP contribution in [0.3, 0.4) is 0 Å². The fourth-order valence-corrected chi connectivity index (χ4v) is 5.06. The maximum Gasteiger partial charge on any atom is 0.391 e. The van der Waals surface area contributed by atoms with E-state index >= 15 is 0 Å². The summed E-state index contributed by atoms with van der Waals surface area (Å²) < 4.78 is 44.9. The van der Waals surface area contributed by atoms with E-state index in [0.29, 0.717) is 11.6 Å². The Kier molecular flexibility index (Phi) is 7.74. The van der Waals surface area contributed by atoms with Gasteiger partial charge in [-0.3, -0.25) is 0 Å². The third-order valence-corrected chi connectivity index (χ3v) is 7.24. The van der Waals surface area contributed by atoms with Gasteiger partial charge in [0.15, 0.2) is 5.82 Å². The molecule has 1 unspecified atom stereocenters. The summed E-state index contributed by atoms with van der Waals surface area (Å²) in [6, 6.07) is 17.2. The van der Waals surface area contributed by atoms with Crippen molar-refractivity contribution in [1.82, 2.24) is 9.97 Å². The molecule has 7 nitrogen and oxygen atoms in total. The number of hydrogen-bond acceptors (Lipinski definition) is 7. The van der Waals surface area contributed by atoms with Crippen LogP contribution in [0.4, 0.5) is 24.9 Å². The van der Waals surface area contributed by atoms with Gasteiger partial charge in [-0.15, -0.1) is 0 Å². The van der Waals surface area contributed by atoms with Crippen LogP contribution in [0.1, 0.15) is 47.2 Å². The molecule has 3 heterocycles. The van der Waals surface area contributed by atoms with E-state index in [9.17, 15) is 18.0 Å². The second-order valence-corrected chi connectivity index (χ2v) is 9.90. The Hall–Kier alpha value is -3.66. The van der Waals surface area contributed by atoms with Crippen LogP contribution >= 0.6 is 11.6 Å². The van der Waals surface area contributed by atoms with E-state index in [-0.39, 0.29) is 55.8 Å². The van der Waals surface area contributed by atoms with Gasteiger partial charge in [-0.25, -0.2) is 14.8 Å². The number of nitrogens with zero attached hydrogens (tertiary/aromatic N) is 5. The molecule has 2 aliphatic rings. The van der Waals surface area contributed by atoms with Crippen LogP contribution in [-0.4, -0.2) is 54.1 Å². The van der Waals surface area contributed by atoms with Crippen molar-refractivity contribution in [1.29, 1.82) is 0 Å². The summed E-state index contributed by atoms with van der Waals surface area (Å²) >= 11 is 6.12. The molecule has 0 aliphatic carbocycles. The van der Waals surface area contributed by atoms with Crippen molar-refractivity contribution < 1.29 is 22.7 Å². The number of carbonyl (C=O) groups is 1. The van der Waals surface area contributed by atoms with Crippen molar-refractivity contribution in [2.45, 2.75) is 31.9 Å².